The van der Waals surface area contributed by atoms with Crippen LogP contribution in [0.5, 0.6) is 0 Å². The van der Waals surface area contributed by atoms with Gasteiger partial charge in [0.15, 0.2) is 0 Å². The number of hydrogen-bond donors (Lipinski definition) is 3. The van der Waals surface area contributed by atoms with Crippen LogP contribution in [0, 0.1) is 5.41 Å². The number of aliphatic carboxylic acids is 1. The quantitative estimate of drug-likeness (QED) is 0.657. The normalized spacial score (nSPS) is 23.6. The first-order valence-corrected chi connectivity index (χ1v) is 10.5. The van der Waals surface area contributed by atoms with Gasteiger partial charge in [-0.1, -0.05) is 19.4 Å². The molecule has 2 heterocycles. The Morgan fingerprint density at radius 3 is 2.85 bits per heavy atom. The minimum Gasteiger partial charge on any atom is -0.481 e. The number of carbonyl (C=O) groups is 1. The Morgan fingerprint density at radius 1 is 1.41 bits per heavy atom. The first-order valence-electron chi connectivity index (χ1n) is 9.23. The number of aliphatic hydroxyl groups excluding tert-OH is 1. The number of nitrogens with zero attached hydrogens (tertiary/aromatic N) is 1. The third-order valence-electron chi connectivity index (χ3n) is 5.51. The van der Waals surface area contributed by atoms with E-state index in [9.17, 15) is 19.8 Å². The first kappa shape index (κ1) is 19.9. The van der Waals surface area contributed by atoms with Crippen molar-refractivity contribution in [1.82, 2.24) is 9.88 Å². The summed E-state index contributed by atoms with van der Waals surface area (Å²) in [5.74, 6) is -0.960. The van der Waals surface area contributed by atoms with Crippen LogP contribution < -0.4 is 5.56 Å². The lowest BCUT2D eigenvalue weighted by Gasteiger charge is -2.43. The van der Waals surface area contributed by atoms with Crippen LogP contribution in [0.4, 0.5) is 0 Å². The summed E-state index contributed by atoms with van der Waals surface area (Å²) in [4.78, 5) is 30.5. The molecule has 27 heavy (non-hydrogen) atoms. The molecule has 6 nitrogen and oxygen atoms in total. The number of aromatic amines is 1. The maximum absolute atomic E-state index is 12.5. The molecule has 1 aliphatic rings. The number of piperidine rings is 1. The zero-order valence-corrected chi connectivity index (χ0v) is 16.5. The Labute approximate surface area is 162 Å². The highest BCUT2D eigenvalue weighted by atomic mass is 32.2. The highest BCUT2D eigenvalue weighted by Gasteiger charge is 2.48. The van der Waals surface area contributed by atoms with E-state index in [0.29, 0.717) is 37.9 Å². The lowest BCUT2D eigenvalue weighted by Crippen LogP contribution is -2.55. The van der Waals surface area contributed by atoms with Crippen molar-refractivity contribution in [3.63, 3.8) is 0 Å². The topological polar surface area (TPSA) is 93.6 Å². The third-order valence-corrected chi connectivity index (χ3v) is 6.23. The standard InChI is InChI=1S/C20H26N2O4S/c1-3-7-20(19(25)26)12-22(8-6-17(20)23)11-14-9-13-4-5-15(27-2)10-16(13)21-18(14)24/h4-5,9-10,17,23H,3,6-8,11-12H2,1-2H3,(H,21,24)(H,25,26)/t17-,20+/m1/s1. The van der Waals surface area contributed by atoms with Crippen LogP contribution in [-0.2, 0) is 11.3 Å². The number of benzene rings is 1. The van der Waals surface area contributed by atoms with Crippen molar-refractivity contribution >= 4 is 28.6 Å². The number of carboxylic acids is 1. The molecule has 7 heteroatoms. The molecule has 3 N–H and O–H groups in total. The second kappa shape index (κ2) is 8.04. The van der Waals surface area contributed by atoms with Gasteiger partial charge in [-0.05, 0) is 42.7 Å². The lowest BCUT2D eigenvalue weighted by atomic mass is 9.74. The molecule has 146 valence electrons. The summed E-state index contributed by atoms with van der Waals surface area (Å²) >= 11 is 1.62. The summed E-state index contributed by atoms with van der Waals surface area (Å²) in [5, 5.41) is 21.1. The monoisotopic (exact) mass is 390 g/mol. The summed E-state index contributed by atoms with van der Waals surface area (Å²) in [7, 11) is 0. The average Bonchev–Trinajstić information content (AvgIpc) is 2.64. The molecular weight excluding hydrogens is 364 g/mol. The molecule has 0 aliphatic carbocycles. The van der Waals surface area contributed by atoms with E-state index in [0.717, 1.165) is 15.8 Å². The van der Waals surface area contributed by atoms with E-state index in [1.54, 1.807) is 11.8 Å². The fourth-order valence-electron chi connectivity index (χ4n) is 4.02. The summed E-state index contributed by atoms with van der Waals surface area (Å²) in [5.41, 5.74) is 0.106. The number of pyridine rings is 1. The highest BCUT2D eigenvalue weighted by Crippen LogP contribution is 2.36. The van der Waals surface area contributed by atoms with Crippen LogP contribution >= 0.6 is 11.8 Å². The predicted molar refractivity (Wildman–Crippen MR) is 107 cm³/mol. The second-order valence-electron chi connectivity index (χ2n) is 7.30. The van der Waals surface area contributed by atoms with Gasteiger partial charge >= 0.3 is 5.97 Å². The van der Waals surface area contributed by atoms with Gasteiger partial charge in [0.2, 0.25) is 0 Å². The van der Waals surface area contributed by atoms with Crippen molar-refractivity contribution in [3.05, 3.63) is 40.2 Å². The summed E-state index contributed by atoms with van der Waals surface area (Å²) in [6.45, 7) is 3.12. The largest absolute Gasteiger partial charge is 0.481 e. The van der Waals surface area contributed by atoms with Gasteiger partial charge in [0.1, 0.15) is 5.41 Å². The molecule has 3 rings (SSSR count). The van der Waals surface area contributed by atoms with E-state index < -0.39 is 17.5 Å². The van der Waals surface area contributed by atoms with E-state index >= 15 is 0 Å². The highest BCUT2D eigenvalue weighted by molar-refractivity contribution is 7.98. The molecule has 1 aromatic carbocycles. The predicted octanol–water partition coefficient (Wildman–Crippen LogP) is 2.69. The Balaban J connectivity index is 1.87. The molecule has 1 saturated heterocycles. The van der Waals surface area contributed by atoms with Gasteiger partial charge in [-0.25, -0.2) is 0 Å². The minimum absolute atomic E-state index is 0.150. The van der Waals surface area contributed by atoms with Crippen molar-refractivity contribution in [2.45, 2.75) is 43.7 Å². The number of H-pyrrole nitrogens is 1. The van der Waals surface area contributed by atoms with Crippen molar-refractivity contribution in [1.29, 1.82) is 0 Å². The molecule has 0 spiro atoms. The molecule has 1 fully saturated rings. The molecule has 0 unspecified atom stereocenters. The molecule has 0 amide bonds. The van der Waals surface area contributed by atoms with Crippen molar-refractivity contribution in [2.75, 3.05) is 19.3 Å². The molecule has 2 atom stereocenters. The van der Waals surface area contributed by atoms with Crippen LogP contribution in [0.2, 0.25) is 0 Å². The number of thioether (sulfide) groups is 1. The smallest absolute Gasteiger partial charge is 0.313 e. The van der Waals surface area contributed by atoms with Crippen LogP contribution in [0.25, 0.3) is 10.9 Å². The van der Waals surface area contributed by atoms with E-state index in [-0.39, 0.29) is 12.1 Å². The fraction of sp³-hybridized carbons (Fsp3) is 0.500. The van der Waals surface area contributed by atoms with Gasteiger partial charge in [0.25, 0.3) is 5.56 Å². The number of aromatic nitrogens is 1. The van der Waals surface area contributed by atoms with Gasteiger partial charge in [-0.2, -0.15) is 0 Å². The number of nitrogens with one attached hydrogen (secondary N) is 1. The van der Waals surface area contributed by atoms with E-state index in [4.69, 9.17) is 0 Å². The van der Waals surface area contributed by atoms with Gasteiger partial charge in [-0.15, -0.1) is 11.8 Å². The summed E-state index contributed by atoms with van der Waals surface area (Å²) in [6, 6.07) is 7.84. The molecule has 0 bridgehead atoms. The Morgan fingerprint density at radius 2 is 2.19 bits per heavy atom. The van der Waals surface area contributed by atoms with E-state index in [2.05, 4.69) is 4.98 Å². The zero-order valence-electron chi connectivity index (χ0n) is 15.7. The van der Waals surface area contributed by atoms with Crippen LogP contribution in [0.15, 0.2) is 34.0 Å². The SMILES string of the molecule is CCC[C@]1(C(=O)O)CN(Cc2cc3ccc(SC)cc3[nH]c2=O)CC[C@H]1O. The molecule has 1 aromatic heterocycles. The zero-order chi connectivity index (χ0) is 19.6. The lowest BCUT2D eigenvalue weighted by molar-refractivity contribution is -0.164. The number of fused-ring (bicyclic) bond motifs is 1. The Kier molecular flexibility index (Phi) is 5.93. The van der Waals surface area contributed by atoms with Crippen LogP contribution in [0.3, 0.4) is 0 Å². The number of rotatable bonds is 6. The van der Waals surface area contributed by atoms with Crippen molar-refractivity contribution in [3.8, 4) is 0 Å². The fourth-order valence-corrected chi connectivity index (χ4v) is 4.46. The Hall–Kier alpha value is -1.83. The number of hydrogen-bond acceptors (Lipinski definition) is 5. The van der Waals surface area contributed by atoms with Gasteiger partial charge in [-0.3, -0.25) is 14.5 Å². The molecule has 0 saturated carbocycles. The molecule has 0 radical (unpaired) electrons. The Bertz CT molecular complexity index is 897. The molecule has 2 aromatic rings. The van der Waals surface area contributed by atoms with Crippen molar-refractivity contribution < 1.29 is 15.0 Å². The maximum Gasteiger partial charge on any atom is 0.313 e. The maximum atomic E-state index is 12.5. The minimum atomic E-state index is -1.16. The summed E-state index contributed by atoms with van der Waals surface area (Å²) in [6.07, 6.45) is 2.64. The first-order chi connectivity index (χ1) is 12.9. The van der Waals surface area contributed by atoms with Gasteiger partial charge in [0.05, 0.1) is 6.10 Å². The molecule has 1 aliphatic heterocycles. The van der Waals surface area contributed by atoms with Gasteiger partial charge in [0, 0.05) is 35.6 Å². The third kappa shape index (κ3) is 3.90. The number of aliphatic hydroxyl groups is 1. The average molecular weight is 391 g/mol. The van der Waals surface area contributed by atoms with Crippen LogP contribution in [-0.4, -0.2) is 51.5 Å². The number of carboxylic acid groups (broad SMARTS) is 1. The van der Waals surface area contributed by atoms with Gasteiger partial charge < -0.3 is 15.2 Å². The second-order valence-corrected chi connectivity index (χ2v) is 8.18. The summed E-state index contributed by atoms with van der Waals surface area (Å²) < 4.78 is 0. The number of likely N-dealkylation sites (tertiary alicyclic amines) is 1. The molecular formula is C20H26N2O4S. The van der Waals surface area contributed by atoms with E-state index in [1.165, 1.54) is 0 Å². The van der Waals surface area contributed by atoms with E-state index in [1.807, 2.05) is 42.3 Å². The van der Waals surface area contributed by atoms with Crippen LogP contribution in [0.1, 0.15) is 31.7 Å². The van der Waals surface area contributed by atoms with Crippen molar-refractivity contribution in [2.24, 2.45) is 5.41 Å².